The molecule has 0 bridgehead atoms. The lowest BCUT2D eigenvalue weighted by molar-refractivity contribution is -0.139. The number of nitrogens with two attached hydrogens (primary N) is 1. The average Bonchev–Trinajstić information content (AvgIpc) is 3.91. The number of hydrogen-bond acceptors (Lipinski definition) is 11. The number of imidazole rings is 1. The highest BCUT2D eigenvalue weighted by molar-refractivity contribution is 6.04. The molecular formula is C41H56N10O3. The van der Waals surface area contributed by atoms with E-state index in [1.54, 1.807) is 14.2 Å². The van der Waals surface area contributed by atoms with Crippen molar-refractivity contribution in [3.05, 3.63) is 54.5 Å². The summed E-state index contributed by atoms with van der Waals surface area (Å²) in [7, 11) is 5.32. The normalized spacial score (nSPS) is 19.0. The standard InChI is InChI=1S/C41H56N10O3/c1-23(2)32(48-53-6)21-26(10-8-18-42)39-45-31-17-16-30-27(37(31)46-39)14-15-29(44-30)25-12-13-28-33(20-25)43-22-35-38(28)47-40(50(35)5)34-11-9-19-51(34)41(52)36(24(3)4)49-54-7/h12-17,20,22-24,26,32,34,36,40,44,47-49H,8-11,18-19,21,42H2,1-7H3/t26?,32-,34+,36+,40?/m1/s1. The molecule has 0 spiro atoms. The van der Waals surface area contributed by atoms with Gasteiger partial charge in [0, 0.05) is 53.1 Å². The van der Waals surface area contributed by atoms with Crippen molar-refractivity contribution < 1.29 is 14.5 Å². The van der Waals surface area contributed by atoms with E-state index in [-0.39, 0.29) is 36.0 Å². The molecule has 1 amide bonds. The Bertz CT molecular complexity index is 2100. The molecule has 5 heterocycles. The molecule has 5 atom stereocenters. The molecule has 1 fully saturated rings. The first-order valence-electron chi connectivity index (χ1n) is 19.4. The predicted molar refractivity (Wildman–Crippen MR) is 216 cm³/mol. The first kappa shape index (κ1) is 37.9. The lowest BCUT2D eigenvalue weighted by atomic mass is 9.89. The highest BCUT2D eigenvalue weighted by Crippen LogP contribution is 2.42. The molecule has 2 aromatic carbocycles. The third-order valence-electron chi connectivity index (χ3n) is 11.5. The second-order valence-corrected chi connectivity index (χ2v) is 15.6. The van der Waals surface area contributed by atoms with E-state index in [4.69, 9.17) is 30.4 Å². The number of fused-ring (bicyclic) bond motifs is 6. The second kappa shape index (κ2) is 16.1. The molecule has 6 N–H and O–H groups in total. The zero-order valence-corrected chi connectivity index (χ0v) is 32.6. The SMILES string of the molecule is CON[C@H](C(=O)N1CCC[C@H]1C1Nc2c(cnc3cc(-c4ccc5c(ccc6nc(C(CCCN)C[C@@H](NOC)C(C)C)nc65)[nH]4)ccc23)N1C)C(C)C. The van der Waals surface area contributed by atoms with Crippen LogP contribution < -0.4 is 26.9 Å². The Labute approximate surface area is 317 Å². The lowest BCUT2D eigenvalue weighted by Gasteiger charge is -2.36. The predicted octanol–water partition coefficient (Wildman–Crippen LogP) is 6.07. The van der Waals surface area contributed by atoms with Gasteiger partial charge in [0.2, 0.25) is 5.91 Å². The van der Waals surface area contributed by atoms with Gasteiger partial charge in [0.1, 0.15) is 23.5 Å². The number of carbonyl (C=O) groups excluding carboxylic acids is 1. The average molecular weight is 737 g/mol. The zero-order valence-electron chi connectivity index (χ0n) is 32.6. The third-order valence-corrected chi connectivity index (χ3v) is 11.5. The van der Waals surface area contributed by atoms with Gasteiger partial charge in [-0.05, 0) is 86.9 Å². The number of aromatic amines is 1. The Kier molecular flexibility index (Phi) is 11.3. The van der Waals surface area contributed by atoms with E-state index in [2.05, 4.69) is 89.5 Å². The van der Waals surface area contributed by atoms with Crippen LogP contribution >= 0.6 is 0 Å². The van der Waals surface area contributed by atoms with Crippen LogP contribution in [0.15, 0.2) is 48.7 Å². The zero-order chi connectivity index (χ0) is 38.1. The number of hydroxylamine groups is 2. The molecule has 54 heavy (non-hydrogen) atoms. The fraction of sp³-hybridized carbons (Fsp3) is 0.512. The summed E-state index contributed by atoms with van der Waals surface area (Å²) in [4.78, 5) is 47.2. The Hall–Kier alpha value is -4.40. The topological polar surface area (TPSA) is 159 Å². The first-order valence-corrected chi connectivity index (χ1v) is 19.4. The molecule has 5 aromatic rings. The van der Waals surface area contributed by atoms with Crippen LogP contribution in [0.5, 0.6) is 0 Å². The number of pyridine rings is 2. The van der Waals surface area contributed by atoms with E-state index in [9.17, 15) is 4.79 Å². The summed E-state index contributed by atoms with van der Waals surface area (Å²) < 4.78 is 0. The van der Waals surface area contributed by atoms with Crippen LogP contribution in [0.4, 0.5) is 11.4 Å². The van der Waals surface area contributed by atoms with Gasteiger partial charge in [0.15, 0.2) is 0 Å². The number of likely N-dealkylation sites (tertiary alicyclic amines) is 1. The fourth-order valence-corrected chi connectivity index (χ4v) is 8.37. The monoisotopic (exact) mass is 736 g/mol. The maximum absolute atomic E-state index is 13.7. The molecule has 2 aliphatic rings. The largest absolute Gasteiger partial charge is 0.361 e. The van der Waals surface area contributed by atoms with Crippen molar-refractivity contribution in [3.63, 3.8) is 0 Å². The number of rotatable bonds is 15. The molecule has 13 nitrogen and oxygen atoms in total. The highest BCUT2D eigenvalue weighted by Gasteiger charge is 2.43. The molecule has 0 radical (unpaired) electrons. The van der Waals surface area contributed by atoms with Gasteiger partial charge in [-0.15, -0.1) is 0 Å². The molecule has 288 valence electrons. The summed E-state index contributed by atoms with van der Waals surface area (Å²) in [6.45, 7) is 9.84. The van der Waals surface area contributed by atoms with E-state index in [0.717, 1.165) is 99.9 Å². The first-order chi connectivity index (χ1) is 26.1. The molecule has 1 saturated heterocycles. The van der Waals surface area contributed by atoms with E-state index in [0.29, 0.717) is 12.5 Å². The molecule has 3 aromatic heterocycles. The maximum atomic E-state index is 13.7. The highest BCUT2D eigenvalue weighted by atomic mass is 16.6. The number of hydrogen-bond donors (Lipinski definition) is 5. The van der Waals surface area contributed by atoms with Gasteiger partial charge in [0.25, 0.3) is 0 Å². The molecule has 0 saturated carbocycles. The number of nitrogens with one attached hydrogen (secondary N) is 4. The minimum atomic E-state index is -0.399. The smallest absolute Gasteiger partial charge is 0.242 e. The van der Waals surface area contributed by atoms with Gasteiger partial charge in [-0.3, -0.25) is 9.78 Å². The third kappa shape index (κ3) is 7.23. The van der Waals surface area contributed by atoms with Gasteiger partial charge in [-0.25, -0.2) is 9.97 Å². The van der Waals surface area contributed by atoms with Crippen LogP contribution in [0.3, 0.4) is 0 Å². The Morgan fingerprint density at radius 1 is 1.00 bits per heavy atom. The van der Waals surface area contributed by atoms with Crippen molar-refractivity contribution in [2.75, 3.05) is 44.6 Å². The van der Waals surface area contributed by atoms with Crippen molar-refractivity contribution in [1.82, 2.24) is 35.8 Å². The van der Waals surface area contributed by atoms with Gasteiger partial charge in [0.05, 0.1) is 48.9 Å². The summed E-state index contributed by atoms with van der Waals surface area (Å²) in [5.74, 6) is 1.60. The number of aromatic nitrogens is 4. The van der Waals surface area contributed by atoms with Crippen molar-refractivity contribution in [1.29, 1.82) is 0 Å². The lowest BCUT2D eigenvalue weighted by Crippen LogP contribution is -2.56. The van der Waals surface area contributed by atoms with Crippen LogP contribution in [0, 0.1) is 11.8 Å². The molecule has 2 unspecified atom stereocenters. The summed E-state index contributed by atoms with van der Waals surface area (Å²) in [6.07, 6.45) is 6.48. The molecule has 13 heteroatoms. The number of carbonyl (C=O) groups is 1. The minimum Gasteiger partial charge on any atom is -0.361 e. The second-order valence-electron chi connectivity index (χ2n) is 15.6. The van der Waals surface area contributed by atoms with Crippen molar-refractivity contribution >= 4 is 50.1 Å². The molecule has 0 aliphatic carbocycles. The Balaban J connectivity index is 1.14. The Morgan fingerprint density at radius 2 is 1.80 bits per heavy atom. The van der Waals surface area contributed by atoms with Crippen LogP contribution in [0.1, 0.15) is 71.5 Å². The fourth-order valence-electron chi connectivity index (χ4n) is 8.37. The van der Waals surface area contributed by atoms with Crippen molar-refractivity contribution in [3.8, 4) is 11.3 Å². The minimum absolute atomic E-state index is 0.0208. The number of likely N-dealkylation sites (N-methyl/N-ethyl adjacent to an activating group) is 1. The van der Waals surface area contributed by atoms with Crippen LogP contribution in [-0.2, 0) is 14.5 Å². The van der Waals surface area contributed by atoms with E-state index in [1.165, 1.54) is 0 Å². The molecule has 7 rings (SSSR count). The maximum Gasteiger partial charge on any atom is 0.242 e. The summed E-state index contributed by atoms with van der Waals surface area (Å²) >= 11 is 0. The number of H-pyrrole nitrogens is 1. The van der Waals surface area contributed by atoms with Crippen molar-refractivity contribution in [2.24, 2.45) is 17.6 Å². The van der Waals surface area contributed by atoms with E-state index >= 15 is 0 Å². The summed E-state index contributed by atoms with van der Waals surface area (Å²) in [6, 6.07) is 14.6. The van der Waals surface area contributed by atoms with Crippen LogP contribution in [0.2, 0.25) is 0 Å². The van der Waals surface area contributed by atoms with E-state index < -0.39 is 6.04 Å². The quantitative estimate of drug-likeness (QED) is 0.0795. The summed E-state index contributed by atoms with van der Waals surface area (Å²) in [5.41, 5.74) is 19.8. The Morgan fingerprint density at radius 3 is 2.54 bits per heavy atom. The van der Waals surface area contributed by atoms with Crippen molar-refractivity contribution in [2.45, 2.75) is 90.0 Å². The van der Waals surface area contributed by atoms with Crippen LogP contribution in [0.25, 0.3) is 44.1 Å². The molecular weight excluding hydrogens is 681 g/mol. The van der Waals surface area contributed by atoms with Gasteiger partial charge in [-0.1, -0.05) is 33.8 Å². The number of amides is 1. The number of benzene rings is 2. The van der Waals surface area contributed by atoms with Gasteiger partial charge in [-0.2, -0.15) is 11.0 Å². The van der Waals surface area contributed by atoms with Gasteiger partial charge < -0.3 is 35.5 Å². The van der Waals surface area contributed by atoms with Gasteiger partial charge >= 0.3 is 0 Å². The summed E-state index contributed by atoms with van der Waals surface area (Å²) in [5, 5.41) is 5.89. The van der Waals surface area contributed by atoms with Crippen LogP contribution in [-0.4, -0.2) is 89.4 Å². The molecule has 2 aliphatic heterocycles. The number of nitrogens with zero attached hydrogens (tertiary/aromatic N) is 5. The number of anilines is 2. The van der Waals surface area contributed by atoms with E-state index in [1.807, 2.05) is 24.9 Å².